The first-order valence-electron chi connectivity index (χ1n) is 7.33. The number of aromatic nitrogens is 2. The highest BCUT2D eigenvalue weighted by Crippen LogP contribution is 2.19. The van der Waals surface area contributed by atoms with Gasteiger partial charge in [0, 0.05) is 36.8 Å². The van der Waals surface area contributed by atoms with Crippen molar-refractivity contribution in [3.63, 3.8) is 0 Å². The van der Waals surface area contributed by atoms with Gasteiger partial charge >= 0.3 is 0 Å². The normalized spacial score (nSPS) is 19.2. The standard InChI is InChI=1S/C15H24N4O2/c1-15(2,3)13(20)17-11-6-5-9-19(10-11)14-16-8-7-12(18-14)21-4/h7-8,11H,5-6,9-10H2,1-4H3,(H,17,20). The second-order valence-electron chi connectivity index (χ2n) is 6.41. The first-order valence-corrected chi connectivity index (χ1v) is 7.33. The minimum atomic E-state index is -0.366. The van der Waals surface area contributed by atoms with Crippen LogP contribution < -0.4 is 15.0 Å². The molecule has 1 atom stereocenters. The molecule has 6 heteroatoms. The molecular formula is C15H24N4O2. The molecule has 2 rings (SSSR count). The van der Waals surface area contributed by atoms with Crippen molar-refractivity contribution in [2.24, 2.45) is 5.41 Å². The molecule has 6 nitrogen and oxygen atoms in total. The number of nitrogens with zero attached hydrogens (tertiary/aromatic N) is 3. The number of nitrogens with one attached hydrogen (secondary N) is 1. The van der Waals surface area contributed by atoms with Gasteiger partial charge < -0.3 is 15.0 Å². The van der Waals surface area contributed by atoms with Crippen molar-refractivity contribution >= 4 is 11.9 Å². The molecule has 1 aromatic heterocycles. The summed E-state index contributed by atoms with van der Waals surface area (Å²) in [6.07, 6.45) is 3.69. The molecule has 21 heavy (non-hydrogen) atoms. The van der Waals surface area contributed by atoms with Gasteiger partial charge in [0.15, 0.2) is 0 Å². The molecule has 0 radical (unpaired) electrons. The molecule has 1 N–H and O–H groups in total. The van der Waals surface area contributed by atoms with E-state index in [1.54, 1.807) is 19.4 Å². The van der Waals surface area contributed by atoms with E-state index in [0.717, 1.165) is 25.9 Å². The second-order valence-corrected chi connectivity index (χ2v) is 6.41. The number of hydrogen-bond donors (Lipinski definition) is 1. The highest BCUT2D eigenvalue weighted by molar-refractivity contribution is 5.81. The maximum absolute atomic E-state index is 12.1. The van der Waals surface area contributed by atoms with E-state index >= 15 is 0 Å². The Morgan fingerprint density at radius 1 is 1.48 bits per heavy atom. The predicted octanol–water partition coefficient (Wildman–Crippen LogP) is 1.62. The lowest BCUT2D eigenvalue weighted by atomic mass is 9.94. The summed E-state index contributed by atoms with van der Waals surface area (Å²) in [5, 5.41) is 3.12. The molecule has 1 fully saturated rings. The molecule has 1 aliphatic rings. The fourth-order valence-corrected chi connectivity index (χ4v) is 2.28. The smallest absolute Gasteiger partial charge is 0.228 e. The summed E-state index contributed by atoms with van der Waals surface area (Å²) in [5.41, 5.74) is -0.366. The minimum absolute atomic E-state index is 0.0842. The van der Waals surface area contributed by atoms with Crippen molar-refractivity contribution in [3.8, 4) is 5.88 Å². The fraction of sp³-hybridized carbons (Fsp3) is 0.667. The first-order chi connectivity index (χ1) is 9.90. The van der Waals surface area contributed by atoms with E-state index in [9.17, 15) is 4.79 Å². The van der Waals surface area contributed by atoms with E-state index in [0.29, 0.717) is 11.8 Å². The van der Waals surface area contributed by atoms with Gasteiger partial charge in [-0.2, -0.15) is 4.98 Å². The summed E-state index contributed by atoms with van der Waals surface area (Å²) in [7, 11) is 1.59. The number of carbonyl (C=O) groups excluding carboxylic acids is 1. The molecule has 0 bridgehead atoms. The number of ether oxygens (including phenoxy) is 1. The van der Waals surface area contributed by atoms with Gasteiger partial charge in [-0.15, -0.1) is 0 Å². The molecule has 1 aromatic rings. The molecule has 0 aliphatic carbocycles. The molecular weight excluding hydrogens is 268 g/mol. The van der Waals surface area contributed by atoms with Crippen molar-refractivity contribution in [1.82, 2.24) is 15.3 Å². The number of anilines is 1. The third kappa shape index (κ3) is 4.06. The van der Waals surface area contributed by atoms with Crippen LogP contribution >= 0.6 is 0 Å². The van der Waals surface area contributed by atoms with E-state index in [1.165, 1.54) is 0 Å². The van der Waals surface area contributed by atoms with Gasteiger partial charge in [-0.05, 0) is 12.8 Å². The van der Waals surface area contributed by atoms with Crippen LogP contribution in [0.5, 0.6) is 5.88 Å². The third-order valence-electron chi connectivity index (χ3n) is 3.55. The van der Waals surface area contributed by atoms with Gasteiger partial charge in [0.25, 0.3) is 0 Å². The summed E-state index contributed by atoms with van der Waals surface area (Å²) >= 11 is 0. The van der Waals surface area contributed by atoms with Crippen LogP contribution in [0.4, 0.5) is 5.95 Å². The second kappa shape index (κ2) is 6.28. The largest absolute Gasteiger partial charge is 0.481 e. The maximum Gasteiger partial charge on any atom is 0.228 e. The van der Waals surface area contributed by atoms with E-state index in [2.05, 4.69) is 20.2 Å². The quantitative estimate of drug-likeness (QED) is 0.917. The Balaban J connectivity index is 2.02. The number of hydrogen-bond acceptors (Lipinski definition) is 5. The zero-order valence-corrected chi connectivity index (χ0v) is 13.2. The van der Waals surface area contributed by atoms with Crippen LogP contribution in [0.3, 0.4) is 0 Å². The van der Waals surface area contributed by atoms with Crippen molar-refractivity contribution < 1.29 is 9.53 Å². The lowest BCUT2D eigenvalue weighted by Gasteiger charge is -2.34. The van der Waals surface area contributed by atoms with Crippen molar-refractivity contribution in [1.29, 1.82) is 0 Å². The monoisotopic (exact) mass is 292 g/mol. The van der Waals surface area contributed by atoms with Gasteiger partial charge in [0.05, 0.1) is 7.11 Å². The van der Waals surface area contributed by atoms with Crippen LogP contribution in [0.25, 0.3) is 0 Å². The third-order valence-corrected chi connectivity index (χ3v) is 3.55. The van der Waals surface area contributed by atoms with Gasteiger partial charge in [-0.3, -0.25) is 4.79 Å². The number of rotatable bonds is 3. The van der Waals surface area contributed by atoms with Crippen molar-refractivity contribution in [2.45, 2.75) is 39.7 Å². The summed E-state index contributed by atoms with van der Waals surface area (Å²) < 4.78 is 5.13. The number of carbonyl (C=O) groups is 1. The lowest BCUT2D eigenvalue weighted by molar-refractivity contribution is -0.129. The van der Waals surface area contributed by atoms with Crippen LogP contribution in [0.15, 0.2) is 12.3 Å². The molecule has 116 valence electrons. The Hall–Kier alpha value is -1.85. The van der Waals surface area contributed by atoms with E-state index in [4.69, 9.17) is 4.74 Å². The molecule has 1 unspecified atom stereocenters. The zero-order valence-electron chi connectivity index (χ0n) is 13.2. The van der Waals surface area contributed by atoms with Crippen molar-refractivity contribution in [2.75, 3.05) is 25.1 Å². The number of methoxy groups -OCH3 is 1. The molecule has 1 aliphatic heterocycles. The number of amides is 1. The Morgan fingerprint density at radius 2 is 2.24 bits per heavy atom. The van der Waals surface area contributed by atoms with E-state index in [-0.39, 0.29) is 17.4 Å². The first kappa shape index (κ1) is 15.5. The van der Waals surface area contributed by atoms with E-state index in [1.807, 2.05) is 20.8 Å². The summed E-state index contributed by atoms with van der Waals surface area (Å²) in [6, 6.07) is 1.87. The summed E-state index contributed by atoms with van der Waals surface area (Å²) in [4.78, 5) is 22.8. The van der Waals surface area contributed by atoms with Crippen LogP contribution in [-0.2, 0) is 4.79 Å². The Kier molecular flexibility index (Phi) is 4.65. The average Bonchev–Trinajstić information content (AvgIpc) is 2.46. The van der Waals surface area contributed by atoms with Gasteiger partial charge in [0.2, 0.25) is 17.7 Å². The lowest BCUT2D eigenvalue weighted by Crippen LogP contribution is -2.50. The van der Waals surface area contributed by atoms with Gasteiger partial charge in [-0.25, -0.2) is 4.98 Å². The van der Waals surface area contributed by atoms with E-state index < -0.39 is 0 Å². The van der Waals surface area contributed by atoms with Crippen LogP contribution in [-0.4, -0.2) is 42.1 Å². The Bertz CT molecular complexity index is 499. The maximum atomic E-state index is 12.1. The molecule has 0 aromatic carbocycles. The highest BCUT2D eigenvalue weighted by Gasteiger charge is 2.27. The Labute approximate surface area is 125 Å². The minimum Gasteiger partial charge on any atom is -0.481 e. The number of piperidine rings is 1. The molecule has 1 amide bonds. The molecule has 1 saturated heterocycles. The molecule has 2 heterocycles. The fourth-order valence-electron chi connectivity index (χ4n) is 2.28. The summed E-state index contributed by atoms with van der Waals surface area (Å²) in [6.45, 7) is 7.40. The zero-order chi connectivity index (χ0) is 15.5. The van der Waals surface area contributed by atoms with Crippen LogP contribution in [0, 0.1) is 5.41 Å². The van der Waals surface area contributed by atoms with Crippen LogP contribution in [0.1, 0.15) is 33.6 Å². The SMILES string of the molecule is COc1ccnc(N2CCCC(NC(=O)C(C)(C)C)C2)n1. The van der Waals surface area contributed by atoms with Gasteiger partial charge in [-0.1, -0.05) is 20.8 Å². The van der Waals surface area contributed by atoms with Gasteiger partial charge in [0.1, 0.15) is 0 Å². The molecule has 0 saturated carbocycles. The topological polar surface area (TPSA) is 67.3 Å². The van der Waals surface area contributed by atoms with Crippen LogP contribution in [0.2, 0.25) is 0 Å². The predicted molar refractivity (Wildman–Crippen MR) is 81.4 cm³/mol. The Morgan fingerprint density at radius 3 is 2.90 bits per heavy atom. The van der Waals surface area contributed by atoms with Crippen molar-refractivity contribution in [3.05, 3.63) is 12.3 Å². The average molecular weight is 292 g/mol. The highest BCUT2D eigenvalue weighted by atomic mass is 16.5. The molecule has 0 spiro atoms. The summed E-state index contributed by atoms with van der Waals surface area (Å²) in [5.74, 6) is 1.30.